The minimum absolute atomic E-state index is 0.102. The van der Waals surface area contributed by atoms with E-state index in [1.807, 2.05) is 50.3 Å². The number of rotatable bonds is 32. The Hall–Kier alpha value is -4.27. The van der Waals surface area contributed by atoms with Crippen LogP contribution in [0.25, 0.3) is 0 Å². The van der Waals surface area contributed by atoms with Crippen molar-refractivity contribution in [1.29, 1.82) is 0 Å². The van der Waals surface area contributed by atoms with Gasteiger partial charge in [-0.3, -0.25) is 10.1 Å². The number of aliphatic hydroxyl groups is 1. The molecule has 18 heteroatoms. The average Bonchev–Trinajstić information content (AvgIpc) is 3.31. The van der Waals surface area contributed by atoms with Crippen molar-refractivity contribution in [3.8, 4) is 11.5 Å². The number of anilines is 1. The molecule has 16 nitrogen and oxygen atoms in total. The number of carbonyl (C=O) groups excluding carboxylic acids is 1. The summed E-state index contributed by atoms with van der Waals surface area (Å²) >= 11 is 0. The zero-order valence-corrected chi connectivity index (χ0v) is 44.8. The zero-order valence-electron chi connectivity index (χ0n) is 43.2. The third kappa shape index (κ3) is 17.8. The van der Waals surface area contributed by atoms with Gasteiger partial charge in [-0.15, -0.1) is 0 Å². The van der Waals surface area contributed by atoms with Crippen molar-refractivity contribution in [2.45, 2.75) is 115 Å². The van der Waals surface area contributed by atoms with E-state index in [2.05, 4.69) is 59.1 Å². The molecule has 0 spiro atoms. The van der Waals surface area contributed by atoms with Crippen molar-refractivity contribution < 1.29 is 36.2 Å². The molecule has 1 amide bonds. The largest absolute Gasteiger partial charge is 0.458 e. The van der Waals surface area contributed by atoms with Crippen LogP contribution in [-0.4, -0.2) is 134 Å². The smallest absolute Gasteiger partial charge is 0.251 e. The number of nitrogens with two attached hydrogens (primary N) is 2. The monoisotopic (exact) mass is 1010 g/mol. The fraction of sp³-hybridized carbons (Fsp3) is 0.596. The van der Waals surface area contributed by atoms with Crippen LogP contribution in [0.5, 0.6) is 11.5 Å². The Morgan fingerprint density at radius 3 is 1.97 bits per heavy atom. The molecule has 0 bridgehead atoms. The maximum Gasteiger partial charge on any atom is 0.251 e. The molecule has 2 aliphatic rings. The number of unbranched alkanes of at least 4 members (excludes halogenated alkanes) is 4. The van der Waals surface area contributed by atoms with Crippen LogP contribution in [0.3, 0.4) is 0 Å². The molecule has 0 saturated heterocycles. The number of para-hydroxylation sites is 1. The number of hydrogen-bond donors (Lipinski definition) is 5. The molecule has 2 aromatic rings. The predicted octanol–water partition coefficient (Wildman–Crippen LogP) is 6.88. The Morgan fingerprint density at radius 1 is 0.814 bits per heavy atom. The molecule has 7 N–H and O–H groups in total. The fourth-order valence-corrected chi connectivity index (χ4v) is 10.6. The topological polar surface area (TPSA) is 213 Å². The number of aliphatic hydroxyl groups excluding tert-OH is 1. The molecule has 2 aliphatic carbocycles. The van der Waals surface area contributed by atoms with Crippen LogP contribution in [0.15, 0.2) is 94.5 Å². The molecule has 70 heavy (non-hydrogen) atoms. The third-order valence-electron chi connectivity index (χ3n) is 12.7. The Kier molecular flexibility index (Phi) is 23.9. The van der Waals surface area contributed by atoms with Gasteiger partial charge >= 0.3 is 0 Å². The summed E-state index contributed by atoms with van der Waals surface area (Å²) in [5.41, 5.74) is 1.87. The lowest BCUT2D eigenvalue weighted by Gasteiger charge is -2.38. The van der Waals surface area contributed by atoms with E-state index in [1.54, 1.807) is 37.3 Å². The molecule has 392 valence electrons. The number of sulfonamides is 2. The first-order chi connectivity index (χ1) is 33.3. The second-order valence-corrected chi connectivity index (χ2v) is 22.2. The second kappa shape index (κ2) is 28.7. The number of benzene rings is 2. The van der Waals surface area contributed by atoms with Crippen molar-refractivity contribution in [2.24, 2.45) is 22.1 Å². The number of allylic oxidation sites excluding steroid dienone is 3. The first kappa shape index (κ1) is 58.3. The first-order valence-electron chi connectivity index (χ1n) is 25.3. The van der Waals surface area contributed by atoms with Gasteiger partial charge in [-0.2, -0.15) is 0 Å². The highest BCUT2D eigenvalue weighted by Crippen LogP contribution is 2.41. The summed E-state index contributed by atoms with van der Waals surface area (Å²) < 4.78 is 66.3. The lowest BCUT2D eigenvalue weighted by Crippen LogP contribution is -2.46. The molecule has 0 radical (unpaired) electrons. The zero-order chi connectivity index (χ0) is 51.4. The number of primary sulfonamides is 2. The molecule has 4 atom stereocenters. The van der Waals surface area contributed by atoms with Gasteiger partial charge in [0.05, 0.1) is 11.4 Å². The number of likely N-dealkylation sites (N-methyl/N-ethyl adjacent to an activating group) is 1. The Bertz CT molecular complexity index is 2310. The molecule has 0 aromatic heterocycles. The van der Waals surface area contributed by atoms with Gasteiger partial charge in [-0.05, 0) is 120 Å². The van der Waals surface area contributed by atoms with Crippen LogP contribution in [0, 0.1) is 11.8 Å². The summed E-state index contributed by atoms with van der Waals surface area (Å²) in [4.78, 5) is 22.0. The van der Waals surface area contributed by atoms with E-state index in [0.29, 0.717) is 93.7 Å². The quantitative estimate of drug-likeness (QED) is 0.0374. The van der Waals surface area contributed by atoms with Crippen LogP contribution >= 0.6 is 0 Å². The van der Waals surface area contributed by atoms with Crippen molar-refractivity contribution >= 4 is 31.6 Å². The normalized spacial score (nSPS) is 17.9. The number of nitrogens with one attached hydrogen (secondary N) is 2. The van der Waals surface area contributed by atoms with Gasteiger partial charge in [0.2, 0.25) is 20.0 Å². The summed E-state index contributed by atoms with van der Waals surface area (Å²) in [5, 5.41) is 28.2. The molecule has 0 aliphatic heterocycles. The second-order valence-electron chi connectivity index (χ2n) is 19.0. The lowest BCUT2D eigenvalue weighted by atomic mass is 9.88. The van der Waals surface area contributed by atoms with E-state index in [1.165, 1.54) is 6.07 Å². The average molecular weight is 1010 g/mol. The minimum Gasteiger partial charge on any atom is -0.458 e. The van der Waals surface area contributed by atoms with Gasteiger partial charge in [0.15, 0.2) is 5.75 Å². The summed E-state index contributed by atoms with van der Waals surface area (Å²) in [6.07, 6.45) is 15.4. The number of hydrogen-bond acceptors (Lipinski definition) is 13. The Balaban J connectivity index is 1.48. The molecular weight excluding hydrogens is 929 g/mol. The third-order valence-corrected chi connectivity index (χ3v) is 14.9. The van der Waals surface area contributed by atoms with Crippen molar-refractivity contribution in [3.05, 3.63) is 95.1 Å². The highest BCUT2D eigenvalue weighted by Gasteiger charge is 2.43. The number of carbonyl (C=O) groups is 1. The minimum atomic E-state index is -4.30. The molecule has 0 saturated carbocycles. The maximum atomic E-state index is 13.8. The van der Waals surface area contributed by atoms with Crippen LogP contribution in [0.1, 0.15) is 109 Å². The SMILES string of the molecule is CCCCN(CCCC)C1=C(OC2=CCC(CN(C)CCCNC(=O)c3cc(N(CCCC)CCCC)c(Oc4ccccc4)c(S(N)(=O)=O)c3)C=C2)C(S(N)(=O)=O)C(C)C(C(O)NCCN(C)C)=C1. The Morgan fingerprint density at radius 2 is 1.43 bits per heavy atom. The van der Waals surface area contributed by atoms with Gasteiger partial charge < -0.3 is 39.5 Å². The van der Waals surface area contributed by atoms with Crippen molar-refractivity contribution in [1.82, 2.24) is 25.3 Å². The molecule has 4 unspecified atom stereocenters. The molecule has 0 fully saturated rings. The van der Waals surface area contributed by atoms with Crippen LogP contribution in [0.2, 0.25) is 0 Å². The van der Waals surface area contributed by atoms with E-state index in [-0.39, 0.29) is 27.9 Å². The number of amides is 1. The molecule has 0 heterocycles. The van der Waals surface area contributed by atoms with Crippen molar-refractivity contribution in [3.63, 3.8) is 0 Å². The van der Waals surface area contributed by atoms with Gasteiger partial charge in [-0.25, -0.2) is 27.1 Å². The summed E-state index contributed by atoms with van der Waals surface area (Å²) in [6, 6.07) is 12.0. The highest BCUT2D eigenvalue weighted by atomic mass is 32.2. The van der Waals surface area contributed by atoms with Gasteiger partial charge in [0.1, 0.15) is 33.6 Å². The van der Waals surface area contributed by atoms with Crippen LogP contribution in [-0.2, 0) is 24.8 Å². The lowest BCUT2D eigenvalue weighted by molar-refractivity contribution is 0.0951. The van der Waals surface area contributed by atoms with Gasteiger partial charge in [-0.1, -0.05) is 84.6 Å². The van der Waals surface area contributed by atoms with Crippen molar-refractivity contribution in [2.75, 3.05) is 84.9 Å². The summed E-state index contributed by atoms with van der Waals surface area (Å²) in [6.45, 7) is 15.9. The van der Waals surface area contributed by atoms with Crippen LogP contribution in [0.4, 0.5) is 5.69 Å². The fourth-order valence-electron chi connectivity index (χ4n) is 8.67. The van der Waals surface area contributed by atoms with E-state index < -0.39 is 43.3 Å². The number of nitrogens with zero attached hydrogens (tertiary/aromatic N) is 4. The number of ether oxygens (including phenoxy) is 2. The maximum absolute atomic E-state index is 13.8. The van der Waals surface area contributed by atoms with Gasteiger partial charge in [0, 0.05) is 63.8 Å². The first-order valence-corrected chi connectivity index (χ1v) is 28.5. The van der Waals surface area contributed by atoms with Gasteiger partial charge in [0.25, 0.3) is 5.91 Å². The van der Waals surface area contributed by atoms with E-state index in [0.717, 1.165) is 57.9 Å². The summed E-state index contributed by atoms with van der Waals surface area (Å²) in [5.74, 6) is 0.443. The van der Waals surface area contributed by atoms with E-state index in [9.17, 15) is 26.7 Å². The Labute approximate surface area is 420 Å². The standard InChI is InChI=1S/C52H84N8O8S2/c1-9-13-30-59(31-14-10-2)45-35-41(36-47(69(53,63)64)48(45)67-42-21-18-17-19-22-42)51(61)55-27-20-29-58(8)38-40-23-25-43(26-24-40)68-49-46(60(32-15-11-3)33-16-12-4)37-44(39(5)50(49)70(54,65)66)52(62)56-28-34-57(6)7/h17-19,21-23,25-26,35-37,39-40,50,52,56,62H,9-16,20,24,27-34,38H2,1-8H3,(H,55,61)(H2,53,63,64)(H2,54,65,66). The predicted molar refractivity (Wildman–Crippen MR) is 282 cm³/mol. The van der Waals surface area contributed by atoms with E-state index >= 15 is 0 Å². The molecular formula is C52H84N8O8S2. The molecule has 2 aromatic carbocycles. The molecule has 4 rings (SSSR count). The van der Waals surface area contributed by atoms with Crippen LogP contribution < -0.4 is 30.5 Å². The van der Waals surface area contributed by atoms with E-state index in [4.69, 9.17) is 19.8 Å². The highest BCUT2D eigenvalue weighted by molar-refractivity contribution is 7.90. The summed E-state index contributed by atoms with van der Waals surface area (Å²) in [7, 11) is -2.57.